The van der Waals surface area contributed by atoms with Gasteiger partial charge in [0.1, 0.15) is 0 Å². The number of aliphatic carboxylic acids is 1. The number of hydrogen-bond acceptors (Lipinski definition) is 3. The Morgan fingerprint density at radius 3 is 2.58 bits per heavy atom. The van der Waals surface area contributed by atoms with Crippen molar-refractivity contribution in [2.45, 2.75) is 13.0 Å². The summed E-state index contributed by atoms with van der Waals surface area (Å²) in [5, 5.41) is 11.7. The Morgan fingerprint density at radius 1 is 1.37 bits per heavy atom. The van der Waals surface area contributed by atoms with Crippen LogP contribution in [0, 0.1) is 5.92 Å². The molecule has 1 unspecified atom stereocenters. The summed E-state index contributed by atoms with van der Waals surface area (Å²) >= 11 is 0. The topological polar surface area (TPSA) is 69.6 Å². The zero-order valence-corrected chi connectivity index (χ0v) is 10.9. The maximum atomic E-state index is 11.8. The molecular formula is C14H18N2O3. The van der Waals surface area contributed by atoms with Crippen molar-refractivity contribution in [3.05, 3.63) is 35.9 Å². The minimum absolute atomic E-state index is 0.0368. The number of carbonyl (C=O) groups excluding carboxylic acids is 1. The Balaban J connectivity index is 1.75. The van der Waals surface area contributed by atoms with E-state index in [0.717, 1.165) is 5.56 Å². The molecule has 1 atom stereocenters. The number of carbonyl (C=O) groups is 2. The smallest absolute Gasteiger partial charge is 0.309 e. The molecule has 0 aromatic heterocycles. The molecule has 2 rings (SSSR count). The standard InChI is InChI=1S/C14H18N2O3/c1-10(11-5-3-2-4-6-11)15-13(17)9-16-7-12(8-16)14(18)19/h2-6,10,12H,7-9H2,1H3,(H,15,17)(H,18,19). The van der Waals surface area contributed by atoms with Crippen molar-refractivity contribution in [1.82, 2.24) is 10.2 Å². The van der Waals surface area contributed by atoms with Crippen LogP contribution in [0.1, 0.15) is 18.5 Å². The zero-order chi connectivity index (χ0) is 13.8. The maximum Gasteiger partial charge on any atom is 0.309 e. The van der Waals surface area contributed by atoms with E-state index in [0.29, 0.717) is 13.1 Å². The van der Waals surface area contributed by atoms with Gasteiger partial charge in [-0.3, -0.25) is 14.5 Å². The van der Waals surface area contributed by atoms with Crippen LogP contribution in [0.4, 0.5) is 0 Å². The van der Waals surface area contributed by atoms with Crippen LogP contribution >= 0.6 is 0 Å². The molecule has 102 valence electrons. The molecule has 1 aromatic rings. The van der Waals surface area contributed by atoms with Gasteiger partial charge in [-0.1, -0.05) is 30.3 Å². The Labute approximate surface area is 112 Å². The van der Waals surface area contributed by atoms with Crippen LogP contribution in [0.2, 0.25) is 0 Å². The van der Waals surface area contributed by atoms with Crippen LogP contribution in [0.3, 0.4) is 0 Å². The van der Waals surface area contributed by atoms with E-state index in [1.54, 1.807) is 0 Å². The quantitative estimate of drug-likeness (QED) is 0.826. The third-order valence-electron chi connectivity index (χ3n) is 3.35. The van der Waals surface area contributed by atoms with Gasteiger partial charge in [0, 0.05) is 13.1 Å². The second-order valence-corrected chi connectivity index (χ2v) is 4.93. The molecule has 1 fully saturated rings. The molecule has 0 aliphatic carbocycles. The molecule has 1 amide bonds. The summed E-state index contributed by atoms with van der Waals surface area (Å²) in [5.41, 5.74) is 1.06. The molecule has 5 heteroatoms. The summed E-state index contributed by atoms with van der Waals surface area (Å²) in [4.78, 5) is 24.3. The first-order valence-corrected chi connectivity index (χ1v) is 6.35. The van der Waals surface area contributed by atoms with Crippen molar-refractivity contribution in [2.75, 3.05) is 19.6 Å². The van der Waals surface area contributed by atoms with Gasteiger partial charge >= 0.3 is 5.97 Å². The van der Waals surface area contributed by atoms with E-state index in [9.17, 15) is 9.59 Å². The highest BCUT2D eigenvalue weighted by Crippen LogP contribution is 2.15. The van der Waals surface area contributed by atoms with Crippen molar-refractivity contribution in [3.8, 4) is 0 Å². The Kier molecular flexibility index (Phi) is 4.16. The average Bonchev–Trinajstić information content (AvgIpc) is 2.33. The van der Waals surface area contributed by atoms with E-state index in [2.05, 4.69) is 5.32 Å². The predicted octanol–water partition coefficient (Wildman–Crippen LogP) is 0.880. The molecule has 1 heterocycles. The number of carboxylic acid groups (broad SMARTS) is 1. The number of rotatable bonds is 5. The molecule has 0 spiro atoms. The van der Waals surface area contributed by atoms with Crippen molar-refractivity contribution in [1.29, 1.82) is 0 Å². The van der Waals surface area contributed by atoms with Gasteiger partial charge in [0.25, 0.3) is 0 Å². The highest BCUT2D eigenvalue weighted by molar-refractivity contribution is 5.79. The van der Waals surface area contributed by atoms with Crippen LogP contribution in [-0.2, 0) is 9.59 Å². The monoisotopic (exact) mass is 262 g/mol. The van der Waals surface area contributed by atoms with E-state index in [1.165, 1.54) is 0 Å². The molecule has 0 radical (unpaired) electrons. The van der Waals surface area contributed by atoms with Crippen LogP contribution in [0.25, 0.3) is 0 Å². The Hall–Kier alpha value is -1.88. The van der Waals surface area contributed by atoms with Crippen molar-refractivity contribution in [2.24, 2.45) is 5.92 Å². The van der Waals surface area contributed by atoms with E-state index >= 15 is 0 Å². The molecule has 5 nitrogen and oxygen atoms in total. The normalized spacial score (nSPS) is 17.5. The third-order valence-corrected chi connectivity index (χ3v) is 3.35. The zero-order valence-electron chi connectivity index (χ0n) is 10.9. The number of hydrogen-bond donors (Lipinski definition) is 2. The highest BCUT2D eigenvalue weighted by atomic mass is 16.4. The molecule has 1 aromatic carbocycles. The minimum atomic E-state index is -0.783. The number of benzene rings is 1. The molecule has 0 bridgehead atoms. The van der Waals surface area contributed by atoms with Gasteiger partial charge in [-0.05, 0) is 12.5 Å². The number of carboxylic acids is 1. The first-order valence-electron chi connectivity index (χ1n) is 6.35. The number of nitrogens with one attached hydrogen (secondary N) is 1. The predicted molar refractivity (Wildman–Crippen MR) is 70.6 cm³/mol. The van der Waals surface area contributed by atoms with Gasteiger partial charge in [0.05, 0.1) is 18.5 Å². The lowest BCUT2D eigenvalue weighted by Crippen LogP contribution is -2.53. The SMILES string of the molecule is CC(NC(=O)CN1CC(C(=O)O)C1)c1ccccc1. The fourth-order valence-corrected chi connectivity index (χ4v) is 2.17. The third kappa shape index (κ3) is 3.54. The van der Waals surface area contributed by atoms with E-state index in [4.69, 9.17) is 5.11 Å². The molecule has 2 N–H and O–H groups in total. The van der Waals surface area contributed by atoms with E-state index < -0.39 is 5.97 Å². The molecule has 1 saturated heterocycles. The lowest BCUT2D eigenvalue weighted by atomic mass is 10.0. The molecule has 19 heavy (non-hydrogen) atoms. The second-order valence-electron chi connectivity index (χ2n) is 4.93. The molecular weight excluding hydrogens is 244 g/mol. The summed E-state index contributed by atoms with van der Waals surface area (Å²) in [5.74, 6) is -1.17. The average molecular weight is 262 g/mol. The van der Waals surface area contributed by atoms with Gasteiger partial charge in [0.15, 0.2) is 0 Å². The Bertz CT molecular complexity index is 455. The number of nitrogens with zero attached hydrogens (tertiary/aromatic N) is 1. The fourth-order valence-electron chi connectivity index (χ4n) is 2.17. The summed E-state index contributed by atoms with van der Waals surface area (Å²) in [6, 6.07) is 9.70. The second kappa shape index (κ2) is 5.84. The fraction of sp³-hybridized carbons (Fsp3) is 0.429. The maximum absolute atomic E-state index is 11.8. The van der Waals surface area contributed by atoms with Gasteiger partial charge in [0.2, 0.25) is 5.91 Å². The van der Waals surface area contributed by atoms with Crippen LogP contribution in [0.15, 0.2) is 30.3 Å². The lowest BCUT2D eigenvalue weighted by molar-refractivity contribution is -0.148. The van der Waals surface area contributed by atoms with Gasteiger partial charge in [-0.2, -0.15) is 0 Å². The first-order chi connectivity index (χ1) is 9.06. The van der Waals surface area contributed by atoms with Gasteiger partial charge in [-0.25, -0.2) is 0 Å². The van der Waals surface area contributed by atoms with Crippen molar-refractivity contribution in [3.63, 3.8) is 0 Å². The van der Waals surface area contributed by atoms with Crippen LogP contribution in [-0.4, -0.2) is 41.5 Å². The van der Waals surface area contributed by atoms with E-state index in [-0.39, 0.29) is 24.4 Å². The minimum Gasteiger partial charge on any atom is -0.481 e. The number of amides is 1. The first kappa shape index (κ1) is 13.5. The van der Waals surface area contributed by atoms with Gasteiger partial charge in [-0.15, -0.1) is 0 Å². The van der Waals surface area contributed by atoms with E-state index in [1.807, 2.05) is 42.2 Å². The summed E-state index contributed by atoms with van der Waals surface area (Å²) < 4.78 is 0. The molecule has 1 aliphatic rings. The summed E-state index contributed by atoms with van der Waals surface area (Å²) in [6.45, 7) is 3.12. The highest BCUT2D eigenvalue weighted by Gasteiger charge is 2.33. The largest absolute Gasteiger partial charge is 0.481 e. The summed E-state index contributed by atoms with van der Waals surface area (Å²) in [6.07, 6.45) is 0. The molecule has 1 aliphatic heterocycles. The number of likely N-dealkylation sites (tertiary alicyclic amines) is 1. The summed E-state index contributed by atoms with van der Waals surface area (Å²) in [7, 11) is 0. The Morgan fingerprint density at radius 2 is 2.00 bits per heavy atom. The van der Waals surface area contributed by atoms with Gasteiger partial charge < -0.3 is 10.4 Å². The van der Waals surface area contributed by atoms with Crippen LogP contribution in [0.5, 0.6) is 0 Å². The molecule has 0 saturated carbocycles. The van der Waals surface area contributed by atoms with Crippen LogP contribution < -0.4 is 5.32 Å². The van der Waals surface area contributed by atoms with Crippen molar-refractivity contribution < 1.29 is 14.7 Å². The van der Waals surface area contributed by atoms with Crippen molar-refractivity contribution >= 4 is 11.9 Å². The lowest BCUT2D eigenvalue weighted by Gasteiger charge is -2.36.